The van der Waals surface area contributed by atoms with Gasteiger partial charge in [-0.2, -0.15) is 0 Å². The first-order chi connectivity index (χ1) is 9.68. The quantitative estimate of drug-likeness (QED) is 0.793. The van der Waals surface area contributed by atoms with E-state index in [1.807, 2.05) is 42.2 Å². The van der Waals surface area contributed by atoms with E-state index < -0.39 is 0 Å². The second kappa shape index (κ2) is 5.08. The number of carbonyl (C=O) groups excluding carboxylic acids is 1. The van der Waals surface area contributed by atoms with E-state index in [4.69, 9.17) is 0 Å². The Morgan fingerprint density at radius 1 is 1.25 bits per heavy atom. The minimum atomic E-state index is 0.0512. The molecular weight excluding hydrogens is 248 g/mol. The Morgan fingerprint density at radius 3 is 2.85 bits per heavy atom. The molecule has 0 spiro atoms. The van der Waals surface area contributed by atoms with Crippen molar-refractivity contribution in [2.75, 3.05) is 4.90 Å². The summed E-state index contributed by atoms with van der Waals surface area (Å²) in [6.07, 6.45) is 3.76. The normalized spacial score (nSPS) is 17.7. The summed E-state index contributed by atoms with van der Waals surface area (Å²) in [6, 6.07) is 12.1. The molecule has 1 amide bonds. The average molecular weight is 266 g/mol. The molecule has 1 aliphatic heterocycles. The topological polar surface area (TPSA) is 33.2 Å². The van der Waals surface area contributed by atoms with E-state index in [1.165, 1.54) is 5.56 Å². The number of carbonyl (C=O) groups is 1. The highest BCUT2D eigenvalue weighted by atomic mass is 16.2. The van der Waals surface area contributed by atoms with Crippen LogP contribution >= 0.6 is 0 Å². The van der Waals surface area contributed by atoms with Crippen molar-refractivity contribution in [1.29, 1.82) is 0 Å². The number of nitrogens with zero attached hydrogens (tertiary/aromatic N) is 2. The first-order valence-corrected chi connectivity index (χ1v) is 7.01. The van der Waals surface area contributed by atoms with Gasteiger partial charge in [0.25, 0.3) is 5.91 Å². The fourth-order valence-electron chi connectivity index (χ4n) is 2.84. The van der Waals surface area contributed by atoms with Gasteiger partial charge in [-0.3, -0.25) is 9.78 Å². The van der Waals surface area contributed by atoms with Crippen molar-refractivity contribution < 1.29 is 4.79 Å². The van der Waals surface area contributed by atoms with Crippen LogP contribution in [0.5, 0.6) is 0 Å². The summed E-state index contributed by atoms with van der Waals surface area (Å²) in [4.78, 5) is 19.0. The monoisotopic (exact) mass is 266 g/mol. The zero-order chi connectivity index (χ0) is 14.1. The third kappa shape index (κ3) is 2.09. The molecule has 20 heavy (non-hydrogen) atoms. The van der Waals surface area contributed by atoms with Gasteiger partial charge >= 0.3 is 0 Å². The predicted octanol–water partition coefficient (Wildman–Crippen LogP) is 3.37. The van der Waals surface area contributed by atoms with Crippen molar-refractivity contribution in [2.45, 2.75) is 32.7 Å². The Bertz CT molecular complexity index is 651. The number of hydrogen-bond donors (Lipinski definition) is 0. The van der Waals surface area contributed by atoms with Crippen molar-refractivity contribution in [3.05, 3.63) is 59.4 Å². The lowest BCUT2D eigenvalue weighted by Gasteiger charge is -2.35. The molecule has 2 aromatic rings. The van der Waals surface area contributed by atoms with Gasteiger partial charge in [0, 0.05) is 23.6 Å². The molecule has 1 unspecified atom stereocenters. The van der Waals surface area contributed by atoms with Gasteiger partial charge in [-0.1, -0.05) is 18.2 Å². The second-order valence-corrected chi connectivity index (χ2v) is 5.33. The highest BCUT2D eigenvalue weighted by Crippen LogP contribution is 2.31. The van der Waals surface area contributed by atoms with Crippen molar-refractivity contribution >= 4 is 11.6 Å². The zero-order valence-electron chi connectivity index (χ0n) is 11.8. The minimum Gasteiger partial charge on any atom is -0.305 e. The number of rotatable bonds is 1. The predicted molar refractivity (Wildman–Crippen MR) is 80.0 cm³/mol. The first kappa shape index (κ1) is 12.9. The zero-order valence-corrected chi connectivity index (χ0v) is 11.8. The van der Waals surface area contributed by atoms with Gasteiger partial charge in [-0.25, -0.2) is 0 Å². The molecule has 1 aliphatic rings. The van der Waals surface area contributed by atoms with Crippen LogP contribution in [-0.2, 0) is 6.42 Å². The largest absolute Gasteiger partial charge is 0.305 e. The van der Waals surface area contributed by atoms with Crippen LogP contribution in [0.1, 0.15) is 35.0 Å². The van der Waals surface area contributed by atoms with Crippen LogP contribution in [-0.4, -0.2) is 16.9 Å². The molecule has 0 fully saturated rings. The number of para-hydroxylation sites is 1. The molecule has 1 aromatic heterocycles. The minimum absolute atomic E-state index is 0.0512. The van der Waals surface area contributed by atoms with Gasteiger partial charge in [-0.15, -0.1) is 0 Å². The molecule has 0 radical (unpaired) electrons. The van der Waals surface area contributed by atoms with E-state index in [2.05, 4.69) is 18.0 Å². The molecule has 3 heteroatoms. The van der Waals surface area contributed by atoms with E-state index in [-0.39, 0.29) is 11.9 Å². The van der Waals surface area contributed by atoms with Crippen LogP contribution in [0.4, 0.5) is 5.69 Å². The molecule has 1 aromatic carbocycles. The maximum absolute atomic E-state index is 12.9. The van der Waals surface area contributed by atoms with E-state index in [1.54, 1.807) is 6.20 Å². The van der Waals surface area contributed by atoms with Crippen molar-refractivity contribution in [3.8, 4) is 0 Å². The van der Waals surface area contributed by atoms with Crippen LogP contribution in [0.15, 0.2) is 42.6 Å². The summed E-state index contributed by atoms with van der Waals surface area (Å²) < 4.78 is 0. The molecule has 102 valence electrons. The Kier molecular flexibility index (Phi) is 3.26. The molecule has 1 atom stereocenters. The van der Waals surface area contributed by atoms with Crippen LogP contribution in [0.25, 0.3) is 0 Å². The number of pyridine rings is 1. The Hall–Kier alpha value is -2.16. The molecule has 0 bridgehead atoms. The molecule has 0 saturated carbocycles. The summed E-state index contributed by atoms with van der Waals surface area (Å²) in [6.45, 7) is 3.99. The first-order valence-electron chi connectivity index (χ1n) is 7.01. The number of hydrogen-bond acceptors (Lipinski definition) is 2. The smallest absolute Gasteiger partial charge is 0.260 e. The van der Waals surface area contributed by atoms with Crippen LogP contribution in [0.3, 0.4) is 0 Å². The summed E-state index contributed by atoms with van der Waals surface area (Å²) >= 11 is 0. The van der Waals surface area contributed by atoms with Gasteiger partial charge in [0.2, 0.25) is 0 Å². The second-order valence-electron chi connectivity index (χ2n) is 5.33. The average Bonchev–Trinajstić information content (AvgIpc) is 2.47. The number of anilines is 1. The third-order valence-electron chi connectivity index (χ3n) is 3.98. The van der Waals surface area contributed by atoms with Crippen molar-refractivity contribution in [2.24, 2.45) is 0 Å². The van der Waals surface area contributed by atoms with Gasteiger partial charge in [-0.05, 0) is 50.5 Å². The summed E-state index contributed by atoms with van der Waals surface area (Å²) in [5.41, 5.74) is 3.77. The summed E-state index contributed by atoms with van der Waals surface area (Å²) in [7, 11) is 0. The fraction of sp³-hybridized carbons (Fsp3) is 0.294. The number of benzene rings is 1. The molecule has 3 rings (SSSR count). The standard InChI is InChI=1S/C17H18N2O/c1-12-9-10-14-6-3-4-8-16(14)19(12)17(20)15-7-5-11-18-13(15)2/h3-8,11-12H,9-10H2,1-2H3. The van der Waals surface area contributed by atoms with Gasteiger partial charge in [0.15, 0.2) is 0 Å². The fourth-order valence-corrected chi connectivity index (χ4v) is 2.84. The van der Waals surface area contributed by atoms with E-state index >= 15 is 0 Å². The molecule has 0 aliphatic carbocycles. The number of amides is 1. The molecular formula is C17H18N2O. The molecule has 2 heterocycles. The highest BCUT2D eigenvalue weighted by Gasteiger charge is 2.29. The SMILES string of the molecule is Cc1ncccc1C(=O)N1c2ccccc2CCC1C. The van der Waals surface area contributed by atoms with Crippen LogP contribution in [0.2, 0.25) is 0 Å². The lowest BCUT2D eigenvalue weighted by atomic mass is 9.95. The van der Waals surface area contributed by atoms with Gasteiger partial charge in [0.1, 0.15) is 0 Å². The highest BCUT2D eigenvalue weighted by molar-refractivity contribution is 6.07. The lowest BCUT2D eigenvalue weighted by molar-refractivity contribution is 0.0974. The lowest BCUT2D eigenvalue weighted by Crippen LogP contribution is -2.42. The maximum atomic E-state index is 12.9. The molecule has 0 N–H and O–H groups in total. The van der Waals surface area contributed by atoms with Crippen LogP contribution in [0, 0.1) is 6.92 Å². The Morgan fingerprint density at radius 2 is 2.05 bits per heavy atom. The summed E-state index contributed by atoms with van der Waals surface area (Å²) in [5.74, 6) is 0.0512. The van der Waals surface area contributed by atoms with Gasteiger partial charge < -0.3 is 4.90 Å². The Labute approximate surface area is 119 Å². The number of aryl methyl sites for hydroxylation is 2. The molecule has 3 nitrogen and oxygen atoms in total. The number of aromatic nitrogens is 1. The van der Waals surface area contributed by atoms with Crippen LogP contribution < -0.4 is 4.90 Å². The number of fused-ring (bicyclic) bond motifs is 1. The van der Waals surface area contributed by atoms with Gasteiger partial charge in [0.05, 0.1) is 5.56 Å². The Balaban J connectivity index is 2.05. The van der Waals surface area contributed by atoms with E-state index in [0.29, 0.717) is 5.56 Å². The molecule has 0 saturated heterocycles. The maximum Gasteiger partial charge on any atom is 0.260 e. The van der Waals surface area contributed by atoms with E-state index in [9.17, 15) is 4.79 Å². The van der Waals surface area contributed by atoms with Crippen molar-refractivity contribution in [1.82, 2.24) is 4.98 Å². The third-order valence-corrected chi connectivity index (χ3v) is 3.98. The van der Waals surface area contributed by atoms with Crippen molar-refractivity contribution in [3.63, 3.8) is 0 Å². The van der Waals surface area contributed by atoms with E-state index in [0.717, 1.165) is 24.2 Å². The summed E-state index contributed by atoms with van der Waals surface area (Å²) in [5, 5.41) is 0.